The Kier molecular flexibility index (Phi) is 7.75. The van der Waals surface area contributed by atoms with E-state index in [1.807, 2.05) is 13.8 Å². The monoisotopic (exact) mass is 368 g/mol. The van der Waals surface area contributed by atoms with Crippen LogP contribution in [0.2, 0.25) is 0 Å². The average Bonchev–Trinajstić information content (AvgIpc) is 2.79. The van der Waals surface area contributed by atoms with Gasteiger partial charge in [-0.2, -0.15) is 0 Å². The summed E-state index contributed by atoms with van der Waals surface area (Å²) >= 11 is 0. The van der Waals surface area contributed by atoms with Gasteiger partial charge in [0.2, 0.25) is 10.0 Å². The van der Waals surface area contributed by atoms with E-state index in [2.05, 4.69) is 9.46 Å². The van der Waals surface area contributed by atoms with Crippen LogP contribution < -0.4 is 10.5 Å². The molecule has 0 aliphatic heterocycles. The van der Waals surface area contributed by atoms with E-state index in [1.165, 1.54) is 21.0 Å². The van der Waals surface area contributed by atoms with Crippen LogP contribution in [0, 0.1) is 13.8 Å². The lowest BCUT2D eigenvalue weighted by molar-refractivity contribution is 0.0594. The summed E-state index contributed by atoms with van der Waals surface area (Å²) in [7, 11) is -2.78. The zero-order valence-electron chi connectivity index (χ0n) is 14.1. The number of sulfonamides is 1. The van der Waals surface area contributed by atoms with E-state index in [4.69, 9.17) is 10.2 Å². The zero-order chi connectivity index (χ0) is 17.1. The molecule has 0 fully saturated rings. The Balaban J connectivity index is 0.00000484. The number of esters is 1. The van der Waals surface area contributed by atoms with Crippen LogP contribution in [0.1, 0.15) is 48.6 Å². The summed E-state index contributed by atoms with van der Waals surface area (Å²) in [5.41, 5.74) is 4.90. The number of nitrogens with one attached hydrogen (secondary N) is 1. The average molecular weight is 369 g/mol. The van der Waals surface area contributed by atoms with Crippen molar-refractivity contribution in [3.8, 4) is 0 Å². The van der Waals surface area contributed by atoms with Gasteiger partial charge in [-0.3, -0.25) is 0 Å². The van der Waals surface area contributed by atoms with Gasteiger partial charge in [0, 0.05) is 12.1 Å². The summed E-state index contributed by atoms with van der Waals surface area (Å²) in [4.78, 5) is 11.7. The Morgan fingerprint density at radius 2 is 1.78 bits per heavy atom. The van der Waals surface area contributed by atoms with Crippen molar-refractivity contribution in [3.05, 3.63) is 17.1 Å². The highest BCUT2D eigenvalue weighted by molar-refractivity contribution is 7.89. The van der Waals surface area contributed by atoms with Crippen molar-refractivity contribution < 1.29 is 22.4 Å². The van der Waals surface area contributed by atoms with Crippen molar-refractivity contribution in [2.45, 2.75) is 51.0 Å². The first-order valence-electron chi connectivity index (χ1n) is 7.10. The second-order valence-corrected chi connectivity index (χ2v) is 6.83. The molecule has 0 aliphatic rings. The maximum Gasteiger partial charge on any atom is 0.342 e. The number of carbonyl (C=O) groups is 1. The molecule has 0 amide bonds. The number of nitrogens with two attached hydrogens (primary N) is 1. The highest BCUT2D eigenvalue weighted by Crippen LogP contribution is 2.29. The molecule has 0 bridgehead atoms. The predicted molar refractivity (Wildman–Crippen MR) is 89.5 cm³/mol. The summed E-state index contributed by atoms with van der Waals surface area (Å²) in [6, 6.07) is 0. The van der Waals surface area contributed by atoms with E-state index in [-0.39, 0.29) is 40.9 Å². The van der Waals surface area contributed by atoms with Crippen molar-refractivity contribution in [1.29, 1.82) is 0 Å². The lowest BCUT2D eigenvalue weighted by Gasteiger charge is -2.30. The van der Waals surface area contributed by atoms with E-state index >= 15 is 0 Å². The number of methoxy groups -OCH3 is 1. The minimum Gasteiger partial charge on any atom is -0.465 e. The number of hydrogen-bond donors (Lipinski definition) is 2. The highest BCUT2D eigenvalue weighted by Gasteiger charge is 2.37. The molecule has 0 spiro atoms. The molecule has 9 heteroatoms. The van der Waals surface area contributed by atoms with Gasteiger partial charge in [0.25, 0.3) is 0 Å². The third-order valence-electron chi connectivity index (χ3n) is 3.96. The van der Waals surface area contributed by atoms with Crippen molar-refractivity contribution in [1.82, 2.24) is 4.72 Å². The molecular formula is C14H25ClN2O5S. The van der Waals surface area contributed by atoms with E-state index in [0.717, 1.165) is 0 Å². The third-order valence-corrected chi connectivity index (χ3v) is 5.69. The maximum atomic E-state index is 12.8. The molecule has 7 nitrogen and oxygen atoms in total. The molecule has 1 aromatic heterocycles. The van der Waals surface area contributed by atoms with Crippen molar-refractivity contribution in [3.63, 3.8) is 0 Å². The van der Waals surface area contributed by atoms with Crippen LogP contribution >= 0.6 is 12.4 Å². The first-order valence-corrected chi connectivity index (χ1v) is 8.58. The molecule has 0 saturated heterocycles. The summed E-state index contributed by atoms with van der Waals surface area (Å²) in [6.45, 7) is 6.88. The van der Waals surface area contributed by atoms with Crippen LogP contribution in [-0.4, -0.2) is 33.6 Å². The Morgan fingerprint density at radius 1 is 1.26 bits per heavy atom. The van der Waals surface area contributed by atoms with Gasteiger partial charge in [-0.15, -0.1) is 12.4 Å². The quantitative estimate of drug-likeness (QED) is 0.711. The van der Waals surface area contributed by atoms with Gasteiger partial charge in [0.1, 0.15) is 22.0 Å². The number of carbonyl (C=O) groups excluding carboxylic acids is 1. The summed E-state index contributed by atoms with van der Waals surface area (Å²) < 4.78 is 38.1. The lowest BCUT2D eigenvalue weighted by Crippen LogP contribution is -2.52. The Hall–Kier alpha value is -1.09. The number of ether oxygens (including phenoxy) is 1. The van der Waals surface area contributed by atoms with Gasteiger partial charge in [-0.25, -0.2) is 17.9 Å². The topological polar surface area (TPSA) is 112 Å². The number of aryl methyl sites for hydroxylation is 2. The van der Waals surface area contributed by atoms with Crippen molar-refractivity contribution in [2.24, 2.45) is 5.73 Å². The summed E-state index contributed by atoms with van der Waals surface area (Å²) in [5.74, 6) is -0.402. The molecule has 0 atom stereocenters. The van der Waals surface area contributed by atoms with Crippen molar-refractivity contribution in [2.75, 3.05) is 13.7 Å². The van der Waals surface area contributed by atoms with E-state index in [9.17, 15) is 13.2 Å². The predicted octanol–water partition coefficient (Wildman–Crippen LogP) is 1.90. The fourth-order valence-electron chi connectivity index (χ4n) is 2.39. The van der Waals surface area contributed by atoms with Gasteiger partial charge < -0.3 is 14.9 Å². The fraction of sp³-hybridized carbons (Fsp3) is 0.643. The smallest absolute Gasteiger partial charge is 0.342 e. The third kappa shape index (κ3) is 4.26. The van der Waals surface area contributed by atoms with Gasteiger partial charge in [0.15, 0.2) is 0 Å². The fourth-order valence-corrected chi connectivity index (χ4v) is 4.35. The molecular weight excluding hydrogens is 344 g/mol. The molecule has 0 radical (unpaired) electrons. The number of rotatable bonds is 7. The van der Waals surface area contributed by atoms with Crippen LogP contribution in [-0.2, 0) is 14.8 Å². The van der Waals surface area contributed by atoms with Gasteiger partial charge >= 0.3 is 5.97 Å². The Morgan fingerprint density at radius 3 is 2.17 bits per heavy atom. The molecule has 1 heterocycles. The van der Waals surface area contributed by atoms with Crippen LogP contribution in [0.25, 0.3) is 0 Å². The van der Waals surface area contributed by atoms with E-state index < -0.39 is 21.5 Å². The molecule has 23 heavy (non-hydrogen) atoms. The van der Waals surface area contributed by atoms with E-state index in [0.29, 0.717) is 12.8 Å². The number of halogens is 1. The number of hydrogen-bond acceptors (Lipinski definition) is 6. The van der Waals surface area contributed by atoms with Gasteiger partial charge in [0.05, 0.1) is 7.11 Å². The largest absolute Gasteiger partial charge is 0.465 e. The Labute approximate surface area is 143 Å². The molecule has 0 saturated carbocycles. The first kappa shape index (κ1) is 21.9. The van der Waals surface area contributed by atoms with Gasteiger partial charge in [-0.05, 0) is 26.7 Å². The molecule has 0 unspecified atom stereocenters. The zero-order valence-corrected chi connectivity index (χ0v) is 15.7. The summed E-state index contributed by atoms with van der Waals surface area (Å²) in [6.07, 6.45) is 1.06. The molecule has 134 valence electrons. The minimum absolute atomic E-state index is 0. The second-order valence-electron chi connectivity index (χ2n) is 5.21. The van der Waals surface area contributed by atoms with Crippen molar-refractivity contribution >= 4 is 28.4 Å². The van der Waals surface area contributed by atoms with Crippen LogP contribution in [0.15, 0.2) is 9.31 Å². The van der Waals surface area contributed by atoms with E-state index in [1.54, 1.807) is 0 Å². The highest BCUT2D eigenvalue weighted by atomic mass is 35.5. The van der Waals surface area contributed by atoms with Gasteiger partial charge in [-0.1, -0.05) is 13.8 Å². The standard InChI is InChI=1S/C14H24N2O5S.ClH/c1-6-14(7-2,8-15)16-22(18,19)12-10(4)21-9(3)11(12)13(17)20-5;/h16H,6-8,15H2,1-5H3;1H. The van der Waals surface area contributed by atoms with Crippen LogP contribution in [0.3, 0.4) is 0 Å². The van der Waals surface area contributed by atoms with Crippen LogP contribution in [0.5, 0.6) is 0 Å². The SMILES string of the molecule is CCC(CC)(CN)NS(=O)(=O)c1c(C)oc(C)c1C(=O)OC.Cl. The van der Waals surface area contributed by atoms with Crippen LogP contribution in [0.4, 0.5) is 0 Å². The lowest BCUT2D eigenvalue weighted by atomic mass is 9.95. The molecule has 1 aromatic rings. The molecule has 0 aromatic carbocycles. The molecule has 0 aliphatic carbocycles. The summed E-state index contributed by atoms with van der Waals surface area (Å²) in [5, 5.41) is 0. The molecule has 1 rings (SSSR count). The minimum atomic E-state index is -3.97. The molecule has 3 N–H and O–H groups in total. The Bertz CT molecular complexity index is 642. The normalized spacial score (nSPS) is 11.9. The first-order chi connectivity index (χ1) is 10.2. The number of furan rings is 1. The maximum absolute atomic E-state index is 12.8. The second kappa shape index (κ2) is 8.14.